The van der Waals surface area contributed by atoms with Crippen LogP contribution in [0.4, 0.5) is 4.79 Å². The predicted octanol–water partition coefficient (Wildman–Crippen LogP) is 2.94. The first-order valence-corrected chi connectivity index (χ1v) is 8.90. The molecule has 6 heteroatoms. The minimum atomic E-state index is -0.644. The molecule has 0 aromatic heterocycles. The van der Waals surface area contributed by atoms with Crippen molar-refractivity contribution in [1.29, 1.82) is 0 Å². The van der Waals surface area contributed by atoms with E-state index >= 15 is 0 Å². The highest BCUT2D eigenvalue weighted by Crippen LogP contribution is 2.22. The largest absolute Gasteiger partial charge is 0.456 e. The number of carbonyl (C=O) groups excluding carboxylic acids is 3. The average molecular weight is 362 g/mol. The second-order valence-electron chi connectivity index (χ2n) is 7.76. The zero-order chi connectivity index (χ0) is 19.7. The summed E-state index contributed by atoms with van der Waals surface area (Å²) in [7, 11) is 0. The van der Waals surface area contributed by atoms with E-state index in [1.807, 2.05) is 26.0 Å². The van der Waals surface area contributed by atoms with Crippen LogP contribution in [0.25, 0.3) is 0 Å². The van der Waals surface area contributed by atoms with Gasteiger partial charge in [0.1, 0.15) is 0 Å². The molecule has 3 amide bonds. The fraction of sp³-hybridized carbons (Fsp3) is 0.550. The minimum Gasteiger partial charge on any atom is -0.456 e. The number of carbonyl (C=O) groups is 3. The van der Waals surface area contributed by atoms with Crippen molar-refractivity contribution >= 4 is 17.9 Å². The molecule has 0 saturated carbocycles. The third kappa shape index (κ3) is 8.65. The third-order valence-corrected chi connectivity index (χ3v) is 3.73. The SMILES string of the molecule is CC(C)CNC(=O)NC(=O)COC(=O)CCc1ccc(C(C)(C)C)cc1. The van der Waals surface area contributed by atoms with Crippen molar-refractivity contribution in [1.82, 2.24) is 10.6 Å². The van der Waals surface area contributed by atoms with Crippen LogP contribution in [0.2, 0.25) is 0 Å². The molecule has 1 aromatic carbocycles. The van der Waals surface area contributed by atoms with Crippen LogP contribution in [0.1, 0.15) is 52.2 Å². The maximum absolute atomic E-state index is 11.7. The lowest BCUT2D eigenvalue weighted by Crippen LogP contribution is -2.42. The Kier molecular flexibility index (Phi) is 8.29. The van der Waals surface area contributed by atoms with E-state index in [2.05, 4.69) is 43.5 Å². The van der Waals surface area contributed by atoms with Gasteiger partial charge in [0.15, 0.2) is 6.61 Å². The number of amides is 3. The van der Waals surface area contributed by atoms with E-state index in [-0.39, 0.29) is 17.8 Å². The van der Waals surface area contributed by atoms with Crippen LogP contribution in [0, 0.1) is 5.92 Å². The molecule has 0 aliphatic heterocycles. The molecule has 2 N–H and O–H groups in total. The van der Waals surface area contributed by atoms with Crippen molar-refractivity contribution in [2.45, 2.75) is 52.9 Å². The summed E-state index contributed by atoms with van der Waals surface area (Å²) in [6.07, 6.45) is 0.724. The lowest BCUT2D eigenvalue weighted by molar-refractivity contribution is -0.148. The van der Waals surface area contributed by atoms with E-state index in [4.69, 9.17) is 4.74 Å². The van der Waals surface area contributed by atoms with E-state index in [1.54, 1.807) is 0 Å². The van der Waals surface area contributed by atoms with Crippen LogP contribution in [-0.4, -0.2) is 31.1 Å². The molecule has 0 fully saturated rings. The van der Waals surface area contributed by atoms with Crippen molar-refractivity contribution in [3.05, 3.63) is 35.4 Å². The zero-order valence-corrected chi connectivity index (χ0v) is 16.3. The molecule has 0 spiro atoms. The molecule has 0 aliphatic rings. The third-order valence-electron chi connectivity index (χ3n) is 3.73. The Balaban J connectivity index is 2.30. The first-order chi connectivity index (χ1) is 12.1. The number of aryl methyl sites for hydroxylation is 1. The molecule has 6 nitrogen and oxygen atoms in total. The Morgan fingerprint density at radius 1 is 1.08 bits per heavy atom. The number of hydrogen-bond acceptors (Lipinski definition) is 4. The molecular weight excluding hydrogens is 332 g/mol. The van der Waals surface area contributed by atoms with E-state index in [9.17, 15) is 14.4 Å². The normalized spacial score (nSPS) is 11.2. The summed E-state index contributed by atoms with van der Waals surface area (Å²) >= 11 is 0. The van der Waals surface area contributed by atoms with Crippen molar-refractivity contribution < 1.29 is 19.1 Å². The molecule has 0 heterocycles. The van der Waals surface area contributed by atoms with Crippen molar-refractivity contribution in [2.24, 2.45) is 5.92 Å². The standard InChI is InChI=1S/C20H30N2O4/c1-14(2)12-21-19(25)22-17(23)13-26-18(24)11-8-15-6-9-16(10-7-15)20(3,4)5/h6-7,9-10,14H,8,11-13H2,1-5H3,(H2,21,22,23,25). The maximum Gasteiger partial charge on any atom is 0.321 e. The molecular formula is C20H30N2O4. The number of esters is 1. The molecule has 1 aromatic rings. The summed E-state index contributed by atoms with van der Waals surface area (Å²) in [5, 5.41) is 4.67. The summed E-state index contributed by atoms with van der Waals surface area (Å²) < 4.78 is 4.90. The van der Waals surface area contributed by atoms with Gasteiger partial charge in [-0.3, -0.25) is 14.9 Å². The average Bonchev–Trinajstić information content (AvgIpc) is 2.56. The van der Waals surface area contributed by atoms with Crippen LogP contribution in [0.15, 0.2) is 24.3 Å². The molecule has 1 rings (SSSR count). The number of benzene rings is 1. The Morgan fingerprint density at radius 3 is 2.23 bits per heavy atom. The minimum absolute atomic E-state index is 0.0896. The molecule has 0 saturated heterocycles. The number of imide groups is 1. The summed E-state index contributed by atoms with van der Waals surface area (Å²) in [5.41, 5.74) is 2.36. The van der Waals surface area contributed by atoms with Gasteiger partial charge in [-0.1, -0.05) is 58.9 Å². The van der Waals surface area contributed by atoms with Crippen LogP contribution < -0.4 is 10.6 Å². The van der Waals surface area contributed by atoms with E-state index in [0.717, 1.165) is 5.56 Å². The molecule has 0 unspecified atom stereocenters. The fourth-order valence-corrected chi connectivity index (χ4v) is 2.14. The van der Waals surface area contributed by atoms with Gasteiger partial charge in [-0.15, -0.1) is 0 Å². The molecule has 0 radical (unpaired) electrons. The quantitative estimate of drug-likeness (QED) is 0.731. The van der Waals surface area contributed by atoms with Crippen LogP contribution >= 0.6 is 0 Å². The van der Waals surface area contributed by atoms with Crippen molar-refractivity contribution in [2.75, 3.05) is 13.2 Å². The lowest BCUT2D eigenvalue weighted by Gasteiger charge is -2.19. The Bertz CT molecular complexity index is 616. The Morgan fingerprint density at radius 2 is 1.69 bits per heavy atom. The number of nitrogens with one attached hydrogen (secondary N) is 2. The molecule has 0 bridgehead atoms. The monoisotopic (exact) mass is 362 g/mol. The van der Waals surface area contributed by atoms with Crippen molar-refractivity contribution in [3.63, 3.8) is 0 Å². The van der Waals surface area contributed by atoms with Gasteiger partial charge in [-0.05, 0) is 28.9 Å². The number of ether oxygens (including phenoxy) is 1. The predicted molar refractivity (Wildman–Crippen MR) is 101 cm³/mol. The second-order valence-corrected chi connectivity index (χ2v) is 7.76. The molecule has 26 heavy (non-hydrogen) atoms. The Labute approximate surface area is 155 Å². The molecule has 144 valence electrons. The summed E-state index contributed by atoms with van der Waals surface area (Å²) in [4.78, 5) is 34.7. The first kappa shape index (κ1) is 21.7. The Hall–Kier alpha value is -2.37. The van der Waals surface area contributed by atoms with E-state index < -0.39 is 24.5 Å². The maximum atomic E-state index is 11.7. The highest BCUT2D eigenvalue weighted by atomic mass is 16.5. The van der Waals surface area contributed by atoms with Crippen LogP contribution in [0.3, 0.4) is 0 Å². The van der Waals surface area contributed by atoms with Crippen LogP contribution in [-0.2, 0) is 26.2 Å². The van der Waals surface area contributed by atoms with E-state index in [0.29, 0.717) is 13.0 Å². The first-order valence-electron chi connectivity index (χ1n) is 8.90. The smallest absolute Gasteiger partial charge is 0.321 e. The van der Waals surface area contributed by atoms with Gasteiger partial charge in [0.25, 0.3) is 5.91 Å². The lowest BCUT2D eigenvalue weighted by atomic mass is 9.86. The van der Waals surface area contributed by atoms with Gasteiger partial charge in [-0.25, -0.2) is 4.79 Å². The van der Waals surface area contributed by atoms with Gasteiger partial charge >= 0.3 is 12.0 Å². The van der Waals surface area contributed by atoms with Crippen molar-refractivity contribution in [3.8, 4) is 0 Å². The van der Waals surface area contributed by atoms with Gasteiger partial charge in [0, 0.05) is 13.0 Å². The number of rotatable bonds is 7. The summed E-state index contributed by atoms with van der Waals surface area (Å²) in [6, 6.07) is 7.53. The highest BCUT2D eigenvalue weighted by molar-refractivity contribution is 5.95. The molecule has 0 atom stereocenters. The molecule has 0 aliphatic carbocycles. The fourth-order valence-electron chi connectivity index (χ4n) is 2.14. The number of hydrogen-bond donors (Lipinski definition) is 2. The van der Waals surface area contributed by atoms with E-state index in [1.165, 1.54) is 5.56 Å². The number of urea groups is 1. The van der Waals surface area contributed by atoms with Gasteiger partial charge < -0.3 is 10.1 Å². The van der Waals surface area contributed by atoms with Gasteiger partial charge in [0.2, 0.25) is 0 Å². The summed E-state index contributed by atoms with van der Waals surface area (Å²) in [5.74, 6) is -0.831. The van der Waals surface area contributed by atoms with Gasteiger partial charge in [-0.2, -0.15) is 0 Å². The zero-order valence-electron chi connectivity index (χ0n) is 16.3. The summed E-state index contributed by atoms with van der Waals surface area (Å²) in [6.45, 7) is 10.3. The topological polar surface area (TPSA) is 84.5 Å². The second kappa shape index (κ2) is 9.94. The highest BCUT2D eigenvalue weighted by Gasteiger charge is 2.14. The van der Waals surface area contributed by atoms with Gasteiger partial charge in [0.05, 0.1) is 0 Å². The van der Waals surface area contributed by atoms with Crippen LogP contribution in [0.5, 0.6) is 0 Å².